The predicted octanol–water partition coefficient (Wildman–Crippen LogP) is 2.24. The second-order valence-corrected chi connectivity index (χ2v) is 7.30. The van der Waals surface area contributed by atoms with E-state index in [9.17, 15) is 26.7 Å². The molecule has 2 rings (SSSR count). The first-order chi connectivity index (χ1) is 9.54. The van der Waals surface area contributed by atoms with Crippen LogP contribution in [0.3, 0.4) is 0 Å². The lowest BCUT2D eigenvalue weighted by Crippen LogP contribution is -2.45. The van der Waals surface area contributed by atoms with Gasteiger partial charge in [0.25, 0.3) is 0 Å². The maximum absolute atomic E-state index is 12.9. The molecule has 0 atom stereocenters. The first-order valence-corrected chi connectivity index (χ1v) is 7.87. The minimum absolute atomic E-state index is 0.00151. The van der Waals surface area contributed by atoms with Crippen LogP contribution in [0, 0.1) is 0 Å². The van der Waals surface area contributed by atoms with Crippen molar-refractivity contribution in [2.75, 3.05) is 13.1 Å². The first-order valence-electron chi connectivity index (χ1n) is 6.43. The van der Waals surface area contributed by atoms with Crippen molar-refractivity contribution in [2.24, 2.45) is 0 Å². The summed E-state index contributed by atoms with van der Waals surface area (Å²) in [5.74, 6) is 0. The number of hydrogen-bond acceptors (Lipinski definition) is 3. The van der Waals surface area contributed by atoms with Gasteiger partial charge in [0.1, 0.15) is 0 Å². The third-order valence-corrected chi connectivity index (χ3v) is 5.57. The van der Waals surface area contributed by atoms with Gasteiger partial charge in [0.05, 0.1) is 16.1 Å². The molecule has 0 unspecified atom stereocenters. The van der Waals surface area contributed by atoms with Crippen molar-refractivity contribution in [2.45, 2.75) is 36.4 Å². The lowest BCUT2D eigenvalue weighted by molar-refractivity contribution is -0.140. The molecular formula is C13H16F3NO3S. The summed E-state index contributed by atoms with van der Waals surface area (Å²) in [7, 11) is -4.22. The molecule has 0 bridgehead atoms. The van der Waals surface area contributed by atoms with Crippen LogP contribution in [0.4, 0.5) is 13.2 Å². The molecule has 0 aromatic heterocycles. The van der Waals surface area contributed by atoms with Crippen LogP contribution in [-0.2, 0) is 16.2 Å². The zero-order valence-electron chi connectivity index (χ0n) is 11.4. The van der Waals surface area contributed by atoms with Gasteiger partial charge < -0.3 is 5.11 Å². The van der Waals surface area contributed by atoms with Gasteiger partial charge in [-0.05, 0) is 31.9 Å². The van der Waals surface area contributed by atoms with Gasteiger partial charge in [0, 0.05) is 13.1 Å². The quantitative estimate of drug-likeness (QED) is 0.908. The number of sulfonamides is 1. The fraction of sp³-hybridized carbons (Fsp3) is 0.538. The molecule has 1 aromatic rings. The van der Waals surface area contributed by atoms with Crippen molar-refractivity contribution in [3.63, 3.8) is 0 Å². The molecule has 1 heterocycles. The molecule has 1 aromatic carbocycles. The van der Waals surface area contributed by atoms with Crippen molar-refractivity contribution in [3.05, 3.63) is 29.8 Å². The maximum atomic E-state index is 12.9. The molecule has 0 amide bonds. The lowest BCUT2D eigenvalue weighted by atomic mass is 9.95. The highest BCUT2D eigenvalue weighted by atomic mass is 32.2. The van der Waals surface area contributed by atoms with Crippen molar-refractivity contribution in [1.82, 2.24) is 4.31 Å². The molecule has 1 saturated heterocycles. The van der Waals surface area contributed by atoms with Gasteiger partial charge >= 0.3 is 6.18 Å². The fourth-order valence-electron chi connectivity index (χ4n) is 2.27. The van der Waals surface area contributed by atoms with Crippen LogP contribution in [0.5, 0.6) is 0 Å². The molecule has 1 fully saturated rings. The molecule has 1 aliphatic rings. The van der Waals surface area contributed by atoms with Gasteiger partial charge in [0.15, 0.2) is 0 Å². The van der Waals surface area contributed by atoms with E-state index in [4.69, 9.17) is 0 Å². The van der Waals surface area contributed by atoms with Gasteiger partial charge in [-0.25, -0.2) is 8.42 Å². The highest BCUT2D eigenvalue weighted by Gasteiger charge is 2.40. The summed E-state index contributed by atoms with van der Waals surface area (Å²) in [6.45, 7) is 1.59. The molecule has 1 N–H and O–H groups in total. The number of alkyl halides is 3. The standard InChI is InChI=1S/C13H16F3NO3S/c1-12(18)6-8-17(9-7-12)21(19,20)11-5-3-2-4-10(11)13(14,15)16/h2-5,18H,6-9H2,1H3. The normalized spacial score (nSPS) is 20.4. The monoisotopic (exact) mass is 323 g/mol. The zero-order valence-corrected chi connectivity index (χ0v) is 12.2. The van der Waals surface area contributed by atoms with Crippen LogP contribution in [0.15, 0.2) is 29.2 Å². The van der Waals surface area contributed by atoms with Crippen LogP contribution in [0.25, 0.3) is 0 Å². The summed E-state index contributed by atoms with van der Waals surface area (Å²) in [5.41, 5.74) is -2.14. The van der Waals surface area contributed by atoms with Gasteiger partial charge in [-0.1, -0.05) is 12.1 Å². The summed E-state index contributed by atoms with van der Waals surface area (Å²) in [6, 6.07) is 4.14. The summed E-state index contributed by atoms with van der Waals surface area (Å²) in [4.78, 5) is -0.737. The number of aliphatic hydroxyl groups is 1. The van der Waals surface area contributed by atoms with Crippen LogP contribution in [0.2, 0.25) is 0 Å². The smallest absolute Gasteiger partial charge is 0.390 e. The van der Waals surface area contributed by atoms with E-state index in [1.54, 1.807) is 6.92 Å². The topological polar surface area (TPSA) is 57.6 Å². The fourth-order valence-corrected chi connectivity index (χ4v) is 3.93. The molecule has 0 saturated carbocycles. The van der Waals surface area contributed by atoms with Gasteiger partial charge in [-0.15, -0.1) is 0 Å². The number of benzene rings is 1. The number of halogens is 3. The second kappa shape index (κ2) is 5.26. The molecular weight excluding hydrogens is 307 g/mol. The second-order valence-electron chi connectivity index (χ2n) is 5.39. The van der Waals surface area contributed by atoms with Crippen LogP contribution in [0.1, 0.15) is 25.3 Å². The van der Waals surface area contributed by atoms with Crippen LogP contribution >= 0.6 is 0 Å². The molecule has 21 heavy (non-hydrogen) atoms. The molecule has 0 aliphatic carbocycles. The maximum Gasteiger partial charge on any atom is 0.417 e. The molecule has 4 nitrogen and oxygen atoms in total. The highest BCUT2D eigenvalue weighted by molar-refractivity contribution is 7.89. The van der Waals surface area contributed by atoms with Gasteiger partial charge in [-0.2, -0.15) is 17.5 Å². The Kier molecular flexibility index (Phi) is 4.07. The van der Waals surface area contributed by atoms with E-state index >= 15 is 0 Å². The Morgan fingerprint density at radius 3 is 2.24 bits per heavy atom. The summed E-state index contributed by atoms with van der Waals surface area (Å²) in [5, 5.41) is 9.81. The van der Waals surface area contributed by atoms with E-state index in [2.05, 4.69) is 0 Å². The van der Waals surface area contributed by atoms with Gasteiger partial charge in [-0.3, -0.25) is 0 Å². The van der Waals surface area contributed by atoms with E-state index in [0.29, 0.717) is 0 Å². The Morgan fingerprint density at radius 1 is 1.19 bits per heavy atom. The van der Waals surface area contributed by atoms with Crippen LogP contribution in [-0.4, -0.2) is 36.5 Å². The minimum atomic E-state index is -4.73. The lowest BCUT2D eigenvalue weighted by Gasteiger charge is -2.35. The Morgan fingerprint density at radius 2 is 1.71 bits per heavy atom. The van der Waals surface area contributed by atoms with Crippen molar-refractivity contribution in [3.8, 4) is 0 Å². The SMILES string of the molecule is CC1(O)CCN(S(=O)(=O)c2ccccc2C(F)(F)F)CC1. The van der Waals surface area contributed by atoms with Crippen LogP contribution < -0.4 is 0 Å². The average Bonchev–Trinajstić information content (AvgIpc) is 2.37. The Bertz CT molecular complexity index is 616. The molecule has 0 radical (unpaired) electrons. The summed E-state index contributed by atoms with van der Waals surface area (Å²) >= 11 is 0. The Hall–Kier alpha value is -1.12. The number of nitrogens with zero attached hydrogens (tertiary/aromatic N) is 1. The molecule has 0 spiro atoms. The zero-order chi connectivity index (χ0) is 15.9. The summed E-state index contributed by atoms with van der Waals surface area (Å²) < 4.78 is 64.7. The van der Waals surface area contributed by atoms with E-state index in [1.807, 2.05) is 0 Å². The number of hydrogen-bond donors (Lipinski definition) is 1. The summed E-state index contributed by atoms with van der Waals surface area (Å²) in [6.07, 6.45) is -4.34. The Balaban J connectivity index is 2.38. The van der Waals surface area contributed by atoms with Crippen molar-refractivity contribution in [1.29, 1.82) is 0 Å². The highest BCUT2D eigenvalue weighted by Crippen LogP contribution is 2.36. The average molecular weight is 323 g/mol. The first kappa shape index (κ1) is 16.3. The van der Waals surface area contributed by atoms with E-state index in [1.165, 1.54) is 6.07 Å². The van der Waals surface area contributed by atoms with E-state index in [-0.39, 0.29) is 25.9 Å². The van der Waals surface area contributed by atoms with E-state index in [0.717, 1.165) is 22.5 Å². The third-order valence-electron chi connectivity index (χ3n) is 3.61. The van der Waals surface area contributed by atoms with Crippen molar-refractivity contribution >= 4 is 10.0 Å². The molecule has 118 valence electrons. The van der Waals surface area contributed by atoms with Gasteiger partial charge in [0.2, 0.25) is 10.0 Å². The number of piperidine rings is 1. The van der Waals surface area contributed by atoms with E-state index < -0.39 is 32.3 Å². The molecule has 8 heteroatoms. The predicted molar refractivity (Wildman–Crippen MR) is 70.1 cm³/mol. The third kappa shape index (κ3) is 3.38. The largest absolute Gasteiger partial charge is 0.417 e. The molecule has 1 aliphatic heterocycles. The minimum Gasteiger partial charge on any atom is -0.390 e. The Labute approximate surface area is 121 Å². The van der Waals surface area contributed by atoms with Crippen molar-refractivity contribution < 1.29 is 26.7 Å². The number of rotatable bonds is 2.